The van der Waals surface area contributed by atoms with Crippen LogP contribution in [0.15, 0.2) is 53.6 Å². The van der Waals surface area contributed by atoms with Crippen LogP contribution in [0.1, 0.15) is 5.56 Å². The van der Waals surface area contributed by atoms with E-state index in [0.717, 1.165) is 5.56 Å². The van der Waals surface area contributed by atoms with E-state index < -0.39 is 9.84 Å². The lowest BCUT2D eigenvalue weighted by atomic mass is 10.2. The van der Waals surface area contributed by atoms with Crippen molar-refractivity contribution in [3.63, 3.8) is 0 Å². The molecule has 0 aliphatic heterocycles. The summed E-state index contributed by atoms with van der Waals surface area (Å²) in [6.07, 6.45) is 2.75. The highest BCUT2D eigenvalue weighted by Crippen LogP contribution is 2.18. The fourth-order valence-electron chi connectivity index (χ4n) is 1.60. The number of benzene rings is 1. The van der Waals surface area contributed by atoms with Crippen LogP contribution in [-0.4, -0.2) is 19.7 Å². The average Bonchev–Trinajstić information content (AvgIpc) is 2.37. The first-order chi connectivity index (χ1) is 8.57. The quantitative estimate of drug-likeness (QED) is 0.916. The molecule has 0 aliphatic rings. The zero-order valence-electron chi connectivity index (χ0n) is 10.00. The van der Waals surface area contributed by atoms with E-state index in [1.165, 1.54) is 6.26 Å². The first-order valence-electron chi connectivity index (χ1n) is 5.50. The first-order valence-corrected chi connectivity index (χ1v) is 7.39. The summed E-state index contributed by atoms with van der Waals surface area (Å²) in [6, 6.07) is 12.9. The highest BCUT2D eigenvalue weighted by Gasteiger charge is 2.13. The summed E-state index contributed by atoms with van der Waals surface area (Å²) in [6.45, 7) is 0.542. The lowest BCUT2D eigenvalue weighted by Crippen LogP contribution is -2.07. The molecule has 0 atom stereocenters. The van der Waals surface area contributed by atoms with Gasteiger partial charge in [0.15, 0.2) is 9.84 Å². The van der Waals surface area contributed by atoms with Crippen molar-refractivity contribution in [2.75, 3.05) is 11.6 Å². The summed E-state index contributed by atoms with van der Waals surface area (Å²) in [4.78, 5) is 4.29. The van der Waals surface area contributed by atoms with Gasteiger partial charge in [-0.1, -0.05) is 30.3 Å². The van der Waals surface area contributed by atoms with Gasteiger partial charge in [0, 0.05) is 19.0 Å². The molecule has 0 fully saturated rings. The Morgan fingerprint density at radius 2 is 1.83 bits per heavy atom. The molecule has 0 bridgehead atoms. The van der Waals surface area contributed by atoms with Gasteiger partial charge in [0.1, 0.15) is 10.7 Å². The van der Waals surface area contributed by atoms with Crippen LogP contribution >= 0.6 is 0 Å². The molecule has 0 radical (unpaired) electrons. The van der Waals surface area contributed by atoms with Crippen molar-refractivity contribution in [3.05, 3.63) is 54.2 Å². The number of pyridine rings is 1. The summed E-state index contributed by atoms with van der Waals surface area (Å²) >= 11 is 0. The van der Waals surface area contributed by atoms with Gasteiger partial charge in [-0.2, -0.15) is 0 Å². The van der Waals surface area contributed by atoms with Crippen molar-refractivity contribution >= 4 is 15.7 Å². The Balaban J connectivity index is 2.20. The Morgan fingerprint density at radius 3 is 2.50 bits per heavy atom. The zero-order valence-corrected chi connectivity index (χ0v) is 10.8. The van der Waals surface area contributed by atoms with Crippen molar-refractivity contribution < 1.29 is 8.42 Å². The van der Waals surface area contributed by atoms with E-state index in [-0.39, 0.29) is 4.90 Å². The molecule has 18 heavy (non-hydrogen) atoms. The Kier molecular flexibility index (Phi) is 3.62. The van der Waals surface area contributed by atoms with E-state index in [2.05, 4.69) is 10.3 Å². The van der Waals surface area contributed by atoms with Gasteiger partial charge in [-0.3, -0.25) is 0 Å². The minimum absolute atomic E-state index is 0.223. The molecule has 1 heterocycles. The van der Waals surface area contributed by atoms with Crippen LogP contribution in [0.5, 0.6) is 0 Å². The van der Waals surface area contributed by atoms with Gasteiger partial charge in [0.2, 0.25) is 0 Å². The zero-order chi connectivity index (χ0) is 13.0. The fourth-order valence-corrected chi connectivity index (χ4v) is 2.41. The second-order valence-electron chi connectivity index (χ2n) is 3.96. The lowest BCUT2D eigenvalue weighted by Gasteiger charge is -2.09. The van der Waals surface area contributed by atoms with Crippen LogP contribution in [0, 0.1) is 0 Å². The van der Waals surface area contributed by atoms with E-state index in [4.69, 9.17) is 0 Å². The maximum Gasteiger partial charge on any atom is 0.179 e. The van der Waals surface area contributed by atoms with Crippen molar-refractivity contribution in [1.82, 2.24) is 4.98 Å². The number of nitrogens with zero attached hydrogens (tertiary/aromatic N) is 1. The van der Waals surface area contributed by atoms with Crippen LogP contribution in [0.3, 0.4) is 0 Å². The van der Waals surface area contributed by atoms with E-state index in [1.54, 1.807) is 18.3 Å². The fraction of sp³-hybridized carbons (Fsp3) is 0.154. The van der Waals surface area contributed by atoms with Crippen molar-refractivity contribution in [1.29, 1.82) is 0 Å². The molecule has 0 aliphatic carbocycles. The molecule has 0 unspecified atom stereocenters. The van der Waals surface area contributed by atoms with Crippen LogP contribution < -0.4 is 5.32 Å². The highest BCUT2D eigenvalue weighted by molar-refractivity contribution is 7.90. The number of hydrogen-bond acceptors (Lipinski definition) is 4. The molecule has 1 aromatic carbocycles. The van der Waals surface area contributed by atoms with E-state index >= 15 is 0 Å². The van der Waals surface area contributed by atoms with Gasteiger partial charge in [0.25, 0.3) is 0 Å². The third-order valence-electron chi connectivity index (χ3n) is 2.47. The number of rotatable bonds is 4. The van der Waals surface area contributed by atoms with Gasteiger partial charge in [0.05, 0.1) is 0 Å². The third kappa shape index (κ3) is 3.07. The van der Waals surface area contributed by atoms with Crippen LogP contribution in [0.2, 0.25) is 0 Å². The number of hydrogen-bond donors (Lipinski definition) is 1. The molecule has 2 rings (SSSR count). The second-order valence-corrected chi connectivity index (χ2v) is 5.95. The summed E-state index contributed by atoms with van der Waals surface area (Å²) in [5.41, 5.74) is 1.07. The Hall–Kier alpha value is -1.88. The second kappa shape index (κ2) is 5.18. The van der Waals surface area contributed by atoms with Crippen molar-refractivity contribution in [2.45, 2.75) is 11.4 Å². The van der Waals surface area contributed by atoms with Crippen LogP contribution in [0.25, 0.3) is 0 Å². The summed E-state index contributed by atoms with van der Waals surface area (Å²) in [7, 11) is -3.26. The summed E-state index contributed by atoms with van der Waals surface area (Å²) < 4.78 is 23.2. The van der Waals surface area contributed by atoms with Crippen LogP contribution in [-0.2, 0) is 16.4 Å². The molecule has 94 valence electrons. The molecule has 0 spiro atoms. The van der Waals surface area contributed by atoms with Crippen molar-refractivity contribution in [2.24, 2.45) is 0 Å². The molecule has 0 saturated carbocycles. The molecule has 0 amide bonds. The predicted molar refractivity (Wildman–Crippen MR) is 71.1 cm³/mol. The standard InChI is InChI=1S/C13H14N2O2S/c1-18(16,17)12-8-5-9-14-13(12)15-10-11-6-3-2-4-7-11/h2-9H,10H2,1H3,(H,14,15). The number of anilines is 1. The van der Waals surface area contributed by atoms with Crippen molar-refractivity contribution in [3.8, 4) is 0 Å². The Bertz CT molecular complexity index is 624. The number of aromatic nitrogens is 1. The Morgan fingerprint density at radius 1 is 1.11 bits per heavy atom. The van der Waals surface area contributed by atoms with Crippen LogP contribution in [0.4, 0.5) is 5.82 Å². The normalized spacial score (nSPS) is 11.2. The maximum atomic E-state index is 11.6. The number of nitrogens with one attached hydrogen (secondary N) is 1. The summed E-state index contributed by atoms with van der Waals surface area (Å²) in [5, 5.41) is 3.05. The predicted octanol–water partition coefficient (Wildman–Crippen LogP) is 2.10. The van der Waals surface area contributed by atoms with Gasteiger partial charge >= 0.3 is 0 Å². The molecule has 1 aromatic heterocycles. The number of sulfone groups is 1. The monoisotopic (exact) mass is 262 g/mol. The van der Waals surface area contributed by atoms with Gasteiger partial charge in [-0.15, -0.1) is 0 Å². The smallest absolute Gasteiger partial charge is 0.179 e. The lowest BCUT2D eigenvalue weighted by molar-refractivity contribution is 0.601. The molecule has 1 N–H and O–H groups in total. The average molecular weight is 262 g/mol. The minimum atomic E-state index is -3.26. The topological polar surface area (TPSA) is 59.1 Å². The van der Waals surface area contributed by atoms with E-state index in [0.29, 0.717) is 12.4 Å². The first kappa shape index (κ1) is 12.6. The molecular formula is C13H14N2O2S. The largest absolute Gasteiger partial charge is 0.365 e. The molecular weight excluding hydrogens is 248 g/mol. The van der Waals surface area contributed by atoms with Gasteiger partial charge in [-0.25, -0.2) is 13.4 Å². The maximum absolute atomic E-state index is 11.6. The molecule has 0 saturated heterocycles. The van der Waals surface area contributed by atoms with E-state index in [9.17, 15) is 8.42 Å². The van der Waals surface area contributed by atoms with E-state index in [1.807, 2.05) is 30.3 Å². The molecule has 4 nitrogen and oxygen atoms in total. The third-order valence-corrected chi connectivity index (χ3v) is 3.60. The van der Waals surface area contributed by atoms with Gasteiger partial charge in [-0.05, 0) is 17.7 Å². The molecule has 2 aromatic rings. The highest BCUT2D eigenvalue weighted by atomic mass is 32.2. The SMILES string of the molecule is CS(=O)(=O)c1cccnc1NCc1ccccc1. The van der Waals surface area contributed by atoms with Gasteiger partial charge < -0.3 is 5.32 Å². The Labute approximate surface area is 107 Å². The minimum Gasteiger partial charge on any atom is -0.365 e. The summed E-state index contributed by atoms with van der Waals surface area (Å²) in [5.74, 6) is 0.392. The molecule has 5 heteroatoms.